The van der Waals surface area contributed by atoms with Crippen molar-refractivity contribution >= 4 is 5.91 Å². The molecule has 3 N–H and O–H groups in total. The first-order valence-electron chi connectivity index (χ1n) is 6.18. The van der Waals surface area contributed by atoms with E-state index in [0.717, 1.165) is 32.4 Å². The van der Waals surface area contributed by atoms with Crippen LogP contribution in [0.2, 0.25) is 0 Å². The van der Waals surface area contributed by atoms with Crippen LogP contribution in [0.5, 0.6) is 0 Å². The number of hydrogen-bond acceptors (Lipinski definition) is 3. The normalized spacial score (nSPS) is 12.8. The summed E-state index contributed by atoms with van der Waals surface area (Å²) in [5.74, 6) is 0.678. The Morgan fingerprint density at radius 2 is 1.88 bits per heavy atom. The fraction of sp³-hybridized carbons (Fsp3) is 0.917. The maximum absolute atomic E-state index is 11.3. The SMILES string of the molecule is CC(C)CCNC(=O)CNCCCC(C)O. The molecule has 0 fully saturated rings. The maximum atomic E-state index is 11.3. The summed E-state index contributed by atoms with van der Waals surface area (Å²) >= 11 is 0. The van der Waals surface area contributed by atoms with Crippen LogP contribution < -0.4 is 10.6 Å². The molecule has 0 aliphatic heterocycles. The van der Waals surface area contributed by atoms with E-state index in [-0.39, 0.29) is 12.0 Å². The Bertz CT molecular complexity index is 182. The van der Waals surface area contributed by atoms with Crippen LogP contribution in [0, 0.1) is 5.92 Å². The van der Waals surface area contributed by atoms with Gasteiger partial charge in [0.1, 0.15) is 0 Å². The van der Waals surface area contributed by atoms with Crippen LogP contribution in [0.1, 0.15) is 40.0 Å². The Labute approximate surface area is 98.8 Å². The fourth-order valence-corrected chi connectivity index (χ4v) is 1.29. The highest BCUT2D eigenvalue weighted by Crippen LogP contribution is 1.96. The molecule has 4 heteroatoms. The highest BCUT2D eigenvalue weighted by atomic mass is 16.3. The van der Waals surface area contributed by atoms with Crippen molar-refractivity contribution < 1.29 is 9.90 Å². The van der Waals surface area contributed by atoms with Gasteiger partial charge in [0.25, 0.3) is 0 Å². The molecule has 16 heavy (non-hydrogen) atoms. The number of nitrogens with one attached hydrogen (secondary N) is 2. The molecule has 0 aromatic rings. The Morgan fingerprint density at radius 1 is 1.19 bits per heavy atom. The van der Waals surface area contributed by atoms with Crippen molar-refractivity contribution in [1.82, 2.24) is 10.6 Å². The molecule has 0 heterocycles. The number of rotatable bonds is 9. The highest BCUT2D eigenvalue weighted by Gasteiger charge is 2.01. The van der Waals surface area contributed by atoms with Crippen LogP contribution in [0.15, 0.2) is 0 Å². The summed E-state index contributed by atoms with van der Waals surface area (Å²) in [6.07, 6.45) is 2.45. The van der Waals surface area contributed by atoms with Gasteiger partial charge in [0.2, 0.25) is 5.91 Å². The molecule has 0 saturated carbocycles. The quantitative estimate of drug-likeness (QED) is 0.516. The standard InChI is InChI=1S/C12H26N2O2/c1-10(2)6-8-14-12(16)9-13-7-4-5-11(3)15/h10-11,13,15H,4-9H2,1-3H3,(H,14,16). The van der Waals surface area contributed by atoms with Crippen LogP contribution >= 0.6 is 0 Å². The van der Waals surface area contributed by atoms with Crippen LogP contribution in [-0.2, 0) is 4.79 Å². The monoisotopic (exact) mass is 230 g/mol. The molecule has 0 rings (SSSR count). The van der Waals surface area contributed by atoms with E-state index in [9.17, 15) is 4.79 Å². The first kappa shape index (κ1) is 15.4. The van der Waals surface area contributed by atoms with Gasteiger partial charge in [-0.2, -0.15) is 0 Å². The molecule has 1 amide bonds. The average Bonchev–Trinajstić information content (AvgIpc) is 2.16. The van der Waals surface area contributed by atoms with E-state index in [1.54, 1.807) is 6.92 Å². The second-order valence-corrected chi connectivity index (χ2v) is 4.70. The number of hydrogen-bond donors (Lipinski definition) is 3. The van der Waals surface area contributed by atoms with Crippen molar-refractivity contribution in [2.75, 3.05) is 19.6 Å². The Hall–Kier alpha value is -0.610. The topological polar surface area (TPSA) is 61.4 Å². The third-order valence-corrected chi connectivity index (χ3v) is 2.30. The van der Waals surface area contributed by atoms with E-state index in [2.05, 4.69) is 24.5 Å². The summed E-state index contributed by atoms with van der Waals surface area (Å²) in [5, 5.41) is 14.9. The van der Waals surface area contributed by atoms with Gasteiger partial charge in [0, 0.05) is 6.54 Å². The molecule has 4 nitrogen and oxygen atoms in total. The number of aliphatic hydroxyl groups excluding tert-OH is 1. The summed E-state index contributed by atoms with van der Waals surface area (Å²) in [6.45, 7) is 7.96. The summed E-state index contributed by atoms with van der Waals surface area (Å²) in [6, 6.07) is 0. The first-order valence-corrected chi connectivity index (χ1v) is 6.18. The summed E-state index contributed by atoms with van der Waals surface area (Å²) < 4.78 is 0. The van der Waals surface area contributed by atoms with Crippen LogP contribution in [0.3, 0.4) is 0 Å². The van der Waals surface area contributed by atoms with Crippen LogP contribution in [0.4, 0.5) is 0 Å². The van der Waals surface area contributed by atoms with Gasteiger partial charge in [-0.25, -0.2) is 0 Å². The molecule has 0 aromatic heterocycles. The molecular weight excluding hydrogens is 204 g/mol. The molecule has 0 saturated heterocycles. The molecule has 0 bridgehead atoms. The number of aliphatic hydroxyl groups is 1. The maximum Gasteiger partial charge on any atom is 0.233 e. The summed E-state index contributed by atoms with van der Waals surface area (Å²) in [5.41, 5.74) is 0. The van der Waals surface area contributed by atoms with E-state index in [1.807, 2.05) is 0 Å². The van der Waals surface area contributed by atoms with Crippen molar-refractivity contribution in [3.05, 3.63) is 0 Å². The van der Waals surface area contributed by atoms with Gasteiger partial charge in [-0.1, -0.05) is 13.8 Å². The first-order chi connectivity index (χ1) is 7.52. The average molecular weight is 230 g/mol. The zero-order chi connectivity index (χ0) is 12.4. The minimum atomic E-state index is -0.248. The molecule has 0 aromatic carbocycles. The van der Waals surface area contributed by atoms with Crippen molar-refractivity contribution in [3.8, 4) is 0 Å². The van der Waals surface area contributed by atoms with Gasteiger partial charge < -0.3 is 15.7 Å². The third-order valence-electron chi connectivity index (χ3n) is 2.30. The van der Waals surface area contributed by atoms with Gasteiger partial charge in [-0.05, 0) is 38.6 Å². The lowest BCUT2D eigenvalue weighted by Crippen LogP contribution is -2.35. The van der Waals surface area contributed by atoms with E-state index in [4.69, 9.17) is 5.11 Å². The fourth-order valence-electron chi connectivity index (χ4n) is 1.29. The smallest absolute Gasteiger partial charge is 0.233 e. The van der Waals surface area contributed by atoms with Gasteiger partial charge in [0.15, 0.2) is 0 Å². The minimum Gasteiger partial charge on any atom is -0.393 e. The van der Waals surface area contributed by atoms with E-state index < -0.39 is 0 Å². The second-order valence-electron chi connectivity index (χ2n) is 4.70. The highest BCUT2D eigenvalue weighted by molar-refractivity contribution is 5.77. The molecule has 0 aliphatic rings. The predicted molar refractivity (Wildman–Crippen MR) is 66.2 cm³/mol. The Balaban J connectivity index is 3.24. The third kappa shape index (κ3) is 11.5. The largest absolute Gasteiger partial charge is 0.393 e. The van der Waals surface area contributed by atoms with Crippen LogP contribution in [-0.4, -0.2) is 36.8 Å². The van der Waals surface area contributed by atoms with Crippen molar-refractivity contribution in [2.24, 2.45) is 5.92 Å². The Morgan fingerprint density at radius 3 is 2.44 bits per heavy atom. The van der Waals surface area contributed by atoms with Crippen molar-refractivity contribution in [3.63, 3.8) is 0 Å². The van der Waals surface area contributed by atoms with Gasteiger partial charge in [0.05, 0.1) is 12.6 Å². The molecule has 0 radical (unpaired) electrons. The number of carbonyl (C=O) groups is 1. The zero-order valence-electron chi connectivity index (χ0n) is 10.8. The van der Waals surface area contributed by atoms with E-state index in [1.165, 1.54) is 0 Å². The number of carbonyl (C=O) groups excluding carboxylic acids is 1. The van der Waals surface area contributed by atoms with Crippen molar-refractivity contribution in [1.29, 1.82) is 0 Å². The molecule has 1 unspecified atom stereocenters. The molecule has 0 aliphatic carbocycles. The van der Waals surface area contributed by atoms with E-state index >= 15 is 0 Å². The van der Waals surface area contributed by atoms with E-state index in [0.29, 0.717) is 12.5 Å². The second kappa shape index (κ2) is 9.60. The molecular formula is C12H26N2O2. The summed E-state index contributed by atoms with van der Waals surface area (Å²) in [7, 11) is 0. The lowest BCUT2D eigenvalue weighted by atomic mass is 10.1. The van der Waals surface area contributed by atoms with Crippen LogP contribution in [0.25, 0.3) is 0 Å². The van der Waals surface area contributed by atoms with Gasteiger partial charge in [-0.3, -0.25) is 4.79 Å². The molecule has 0 spiro atoms. The Kier molecular flexibility index (Phi) is 9.24. The lowest BCUT2D eigenvalue weighted by molar-refractivity contribution is -0.120. The van der Waals surface area contributed by atoms with Crippen molar-refractivity contribution in [2.45, 2.75) is 46.1 Å². The molecule has 1 atom stereocenters. The zero-order valence-corrected chi connectivity index (χ0v) is 10.8. The minimum absolute atomic E-state index is 0.0534. The molecule has 96 valence electrons. The summed E-state index contributed by atoms with van der Waals surface area (Å²) in [4.78, 5) is 11.3. The van der Waals surface area contributed by atoms with Gasteiger partial charge in [-0.15, -0.1) is 0 Å². The predicted octanol–water partition coefficient (Wildman–Crippen LogP) is 0.899. The number of amides is 1. The van der Waals surface area contributed by atoms with Gasteiger partial charge >= 0.3 is 0 Å². The lowest BCUT2D eigenvalue weighted by Gasteiger charge is -2.08.